The molecule has 0 saturated carbocycles. The molecule has 3 aromatic rings. The van der Waals surface area contributed by atoms with E-state index < -0.39 is 5.54 Å². The van der Waals surface area contributed by atoms with E-state index in [0.717, 1.165) is 29.7 Å². The van der Waals surface area contributed by atoms with Gasteiger partial charge in [-0.2, -0.15) is 0 Å². The number of nitrogens with zero attached hydrogens (tertiary/aromatic N) is 1. The summed E-state index contributed by atoms with van der Waals surface area (Å²) in [6.45, 7) is 1.16. The van der Waals surface area contributed by atoms with Crippen LogP contribution in [0.5, 0.6) is 28.7 Å². The summed E-state index contributed by atoms with van der Waals surface area (Å²) in [5, 5.41) is 9.60. The predicted octanol–water partition coefficient (Wildman–Crippen LogP) is 3.92. The molecule has 2 aromatic carbocycles. The first-order valence-electron chi connectivity index (χ1n) is 12.7. The Bertz CT molecular complexity index is 1290. The molecule has 3 N–H and O–H groups in total. The number of pyridine rings is 1. The number of hydrogen-bond donors (Lipinski definition) is 3. The van der Waals surface area contributed by atoms with E-state index in [1.54, 1.807) is 60.1 Å². The van der Waals surface area contributed by atoms with E-state index in [0.29, 0.717) is 53.8 Å². The molecule has 0 bridgehead atoms. The number of aromatic nitrogens is 1. The lowest BCUT2D eigenvalue weighted by atomic mass is 9.75. The van der Waals surface area contributed by atoms with Crippen LogP contribution >= 0.6 is 0 Å². The number of fused-ring (bicyclic) bond motifs is 1. The first kappa shape index (κ1) is 27.8. The molecule has 1 atom stereocenters. The summed E-state index contributed by atoms with van der Waals surface area (Å²) in [6.07, 6.45) is 5.25. The zero-order valence-corrected chi connectivity index (χ0v) is 23.1. The maximum Gasteiger partial charge on any atom is 0.319 e. The van der Waals surface area contributed by atoms with Gasteiger partial charge in [0, 0.05) is 42.3 Å². The second kappa shape index (κ2) is 12.6. The highest BCUT2D eigenvalue weighted by Gasteiger charge is 2.38. The highest BCUT2D eigenvalue weighted by Crippen LogP contribution is 2.45. The molecule has 0 saturated heterocycles. The van der Waals surface area contributed by atoms with Gasteiger partial charge < -0.3 is 39.6 Å². The number of benzene rings is 2. The molecule has 2 heterocycles. The molecule has 1 aliphatic rings. The monoisotopic (exact) mass is 536 g/mol. The number of methoxy groups -OCH3 is 5. The van der Waals surface area contributed by atoms with E-state index in [9.17, 15) is 4.79 Å². The van der Waals surface area contributed by atoms with Crippen LogP contribution in [0.3, 0.4) is 0 Å². The summed E-state index contributed by atoms with van der Waals surface area (Å²) in [6, 6.07) is 11.1. The van der Waals surface area contributed by atoms with Crippen LogP contribution in [0.2, 0.25) is 0 Å². The maximum atomic E-state index is 12.7. The number of urea groups is 1. The van der Waals surface area contributed by atoms with Crippen molar-refractivity contribution in [2.24, 2.45) is 0 Å². The van der Waals surface area contributed by atoms with Gasteiger partial charge in [-0.3, -0.25) is 4.98 Å². The molecule has 2 amide bonds. The minimum atomic E-state index is -0.552. The normalized spacial score (nSPS) is 16.0. The molecule has 0 aliphatic carbocycles. The topological polar surface area (TPSA) is 112 Å². The second-order valence-electron chi connectivity index (χ2n) is 9.16. The Morgan fingerprint density at radius 2 is 1.59 bits per heavy atom. The Hall–Kier alpha value is -4.18. The average Bonchev–Trinajstić information content (AvgIpc) is 2.96. The van der Waals surface area contributed by atoms with Gasteiger partial charge in [0.05, 0.1) is 35.5 Å². The zero-order valence-electron chi connectivity index (χ0n) is 23.1. The lowest BCUT2D eigenvalue weighted by Crippen LogP contribution is -2.51. The molecule has 4 rings (SSSR count). The largest absolute Gasteiger partial charge is 0.493 e. The van der Waals surface area contributed by atoms with Gasteiger partial charge in [0.25, 0.3) is 0 Å². The van der Waals surface area contributed by atoms with Crippen molar-refractivity contribution in [1.29, 1.82) is 0 Å². The Balaban J connectivity index is 1.70. The van der Waals surface area contributed by atoms with Gasteiger partial charge in [-0.25, -0.2) is 4.79 Å². The maximum absolute atomic E-state index is 12.7. The van der Waals surface area contributed by atoms with Crippen molar-refractivity contribution in [2.45, 2.75) is 24.8 Å². The van der Waals surface area contributed by atoms with Crippen LogP contribution in [0, 0.1) is 0 Å². The Kier molecular flexibility index (Phi) is 8.98. The van der Waals surface area contributed by atoms with Crippen molar-refractivity contribution in [2.75, 3.05) is 54.0 Å². The van der Waals surface area contributed by atoms with Crippen molar-refractivity contribution in [1.82, 2.24) is 15.6 Å². The fourth-order valence-electron chi connectivity index (χ4n) is 5.20. The van der Waals surface area contributed by atoms with E-state index in [2.05, 4.69) is 20.9 Å². The molecular formula is C29H36N4O6. The molecule has 39 heavy (non-hydrogen) atoms. The molecular weight excluding hydrogens is 500 g/mol. The van der Waals surface area contributed by atoms with E-state index in [1.807, 2.05) is 24.3 Å². The minimum Gasteiger partial charge on any atom is -0.493 e. The van der Waals surface area contributed by atoms with E-state index in [1.165, 1.54) is 0 Å². The van der Waals surface area contributed by atoms with Gasteiger partial charge in [-0.1, -0.05) is 6.07 Å². The number of rotatable bonds is 11. The molecule has 0 radical (unpaired) electrons. The van der Waals surface area contributed by atoms with Gasteiger partial charge in [0.1, 0.15) is 0 Å². The number of carbonyl (C=O) groups excluding carboxylic acids is 1. The van der Waals surface area contributed by atoms with Crippen LogP contribution in [-0.4, -0.2) is 59.7 Å². The second-order valence-corrected chi connectivity index (χ2v) is 9.16. The highest BCUT2D eigenvalue weighted by atomic mass is 16.5. The number of hydrogen-bond acceptors (Lipinski definition) is 8. The van der Waals surface area contributed by atoms with E-state index >= 15 is 0 Å². The van der Waals surface area contributed by atoms with Crippen LogP contribution in [0.4, 0.5) is 10.5 Å². The fourth-order valence-corrected chi connectivity index (χ4v) is 5.20. The summed E-state index contributed by atoms with van der Waals surface area (Å²) in [7, 11) is 8.08. The molecule has 1 unspecified atom stereocenters. The third kappa shape index (κ3) is 5.96. The number of carbonyl (C=O) groups is 1. The Morgan fingerprint density at radius 3 is 2.26 bits per heavy atom. The minimum absolute atomic E-state index is 0.289. The number of nitrogens with one attached hydrogen (secondary N) is 3. The van der Waals surface area contributed by atoms with E-state index in [-0.39, 0.29) is 6.03 Å². The quantitative estimate of drug-likeness (QED) is 0.338. The van der Waals surface area contributed by atoms with Crippen molar-refractivity contribution in [3.8, 4) is 28.7 Å². The molecule has 10 heteroatoms. The third-order valence-corrected chi connectivity index (χ3v) is 7.04. The summed E-state index contributed by atoms with van der Waals surface area (Å²) < 4.78 is 28.2. The lowest BCUT2D eigenvalue weighted by molar-refractivity contribution is 0.245. The lowest BCUT2D eigenvalue weighted by Gasteiger charge is -2.41. The van der Waals surface area contributed by atoms with Crippen molar-refractivity contribution in [3.05, 3.63) is 65.5 Å². The Labute approximate surface area is 229 Å². The number of ether oxygens (including phenoxy) is 5. The number of anilines is 1. The van der Waals surface area contributed by atoms with Crippen LogP contribution in [0.25, 0.3) is 0 Å². The molecule has 1 aliphatic heterocycles. The third-order valence-electron chi connectivity index (χ3n) is 7.04. The smallest absolute Gasteiger partial charge is 0.319 e. The number of amides is 2. The van der Waals surface area contributed by atoms with Gasteiger partial charge in [-0.05, 0) is 60.7 Å². The zero-order chi connectivity index (χ0) is 27.8. The molecule has 1 aromatic heterocycles. The van der Waals surface area contributed by atoms with Crippen molar-refractivity contribution >= 4 is 11.7 Å². The van der Waals surface area contributed by atoms with E-state index in [4.69, 9.17) is 23.7 Å². The van der Waals surface area contributed by atoms with Crippen LogP contribution in [-0.2, 0) is 18.4 Å². The van der Waals surface area contributed by atoms with Crippen molar-refractivity contribution in [3.63, 3.8) is 0 Å². The first-order valence-corrected chi connectivity index (χ1v) is 12.7. The van der Waals surface area contributed by atoms with Crippen molar-refractivity contribution < 1.29 is 28.5 Å². The summed E-state index contributed by atoms with van der Waals surface area (Å²) in [5.74, 6) is 3.06. The average molecular weight is 537 g/mol. The van der Waals surface area contributed by atoms with Crippen LogP contribution < -0.4 is 39.6 Å². The van der Waals surface area contributed by atoms with Gasteiger partial charge in [0.2, 0.25) is 5.75 Å². The SMILES string of the molecule is COc1cc2c(cc1OC)C(CCNC(=O)Nc1ccncc1)(Cc1ccc(OC)c(OC)c1OC)NCC2. The predicted molar refractivity (Wildman–Crippen MR) is 149 cm³/mol. The Morgan fingerprint density at radius 1 is 0.897 bits per heavy atom. The highest BCUT2D eigenvalue weighted by molar-refractivity contribution is 5.89. The van der Waals surface area contributed by atoms with Crippen LogP contribution in [0.15, 0.2) is 48.8 Å². The van der Waals surface area contributed by atoms with Gasteiger partial charge in [0.15, 0.2) is 23.0 Å². The standard InChI is InChI=1S/C29H36N4O6/c1-35-23-7-6-20(26(38-4)27(23)39-5)18-29(11-15-31-28(34)33-21-9-12-30-13-10-21)22-17-25(37-3)24(36-2)16-19(22)8-14-32-29/h6-7,9-10,12-13,16-17,32H,8,11,14-15,18H2,1-5H3,(H2,30,31,33,34). The molecule has 208 valence electrons. The molecule has 0 spiro atoms. The molecule has 0 fully saturated rings. The summed E-state index contributed by atoms with van der Waals surface area (Å²) >= 11 is 0. The van der Waals surface area contributed by atoms with Crippen LogP contribution in [0.1, 0.15) is 23.1 Å². The fraction of sp³-hybridized carbons (Fsp3) is 0.379. The summed E-state index contributed by atoms with van der Waals surface area (Å²) in [4.78, 5) is 16.6. The molecule has 10 nitrogen and oxygen atoms in total. The van der Waals surface area contributed by atoms with Gasteiger partial charge >= 0.3 is 6.03 Å². The van der Waals surface area contributed by atoms with Gasteiger partial charge in [-0.15, -0.1) is 0 Å². The summed E-state index contributed by atoms with van der Waals surface area (Å²) in [5.41, 5.74) is 3.30. The first-order chi connectivity index (χ1) is 19.0.